The van der Waals surface area contributed by atoms with Crippen LogP contribution in [0.3, 0.4) is 0 Å². The second-order valence-electron chi connectivity index (χ2n) is 7.42. The van der Waals surface area contributed by atoms with Crippen molar-refractivity contribution >= 4 is 17.8 Å². The molecule has 1 heterocycles. The third kappa shape index (κ3) is 2.51. The summed E-state index contributed by atoms with van der Waals surface area (Å²) in [6.45, 7) is 2.49. The number of benzene rings is 1. The summed E-state index contributed by atoms with van der Waals surface area (Å²) in [5, 5.41) is 8.13. The molecule has 4 rings (SSSR count). The Morgan fingerprint density at radius 2 is 2.04 bits per heavy atom. The van der Waals surface area contributed by atoms with Crippen molar-refractivity contribution in [1.29, 1.82) is 0 Å². The fraction of sp³-hybridized carbons (Fsp3) is 0.526. The van der Waals surface area contributed by atoms with Crippen molar-refractivity contribution < 1.29 is 14.4 Å². The van der Waals surface area contributed by atoms with Crippen LogP contribution in [0, 0.1) is 12.8 Å². The van der Waals surface area contributed by atoms with E-state index in [1.54, 1.807) is 0 Å². The molecule has 0 aromatic heterocycles. The molecule has 132 valence electrons. The van der Waals surface area contributed by atoms with Gasteiger partial charge in [-0.25, -0.2) is 4.79 Å². The molecule has 1 saturated heterocycles. The number of aryl methyl sites for hydroxylation is 1. The minimum Gasteiger partial charge on any atom is -0.352 e. The molecule has 4 amide bonds. The number of urea groups is 1. The quantitative estimate of drug-likeness (QED) is 0.730. The molecule has 6 nitrogen and oxygen atoms in total. The monoisotopic (exact) mass is 341 g/mol. The van der Waals surface area contributed by atoms with Gasteiger partial charge < -0.3 is 10.6 Å². The summed E-state index contributed by atoms with van der Waals surface area (Å²) in [5.74, 6) is -0.406. The average molecular weight is 341 g/mol. The minimum absolute atomic E-state index is 0.0682. The average Bonchev–Trinajstić information content (AvgIpc) is 3.27. The Morgan fingerprint density at radius 1 is 1.24 bits per heavy atom. The summed E-state index contributed by atoms with van der Waals surface area (Å²) in [5.41, 5.74) is 3.65. The number of rotatable bonds is 3. The van der Waals surface area contributed by atoms with Gasteiger partial charge in [0, 0.05) is 18.0 Å². The van der Waals surface area contributed by atoms with Crippen molar-refractivity contribution in [3.63, 3.8) is 0 Å². The van der Waals surface area contributed by atoms with E-state index in [0.29, 0.717) is 13.0 Å². The summed E-state index contributed by atoms with van der Waals surface area (Å²) in [6, 6.07) is 3.49. The predicted octanol–water partition coefficient (Wildman–Crippen LogP) is 1.59. The van der Waals surface area contributed by atoms with Gasteiger partial charge in [0.05, 0.1) is 0 Å². The Morgan fingerprint density at radius 3 is 2.80 bits per heavy atom. The second kappa shape index (κ2) is 5.86. The largest absolute Gasteiger partial charge is 0.352 e. The Hall–Kier alpha value is -2.37. The molecule has 1 saturated carbocycles. The summed E-state index contributed by atoms with van der Waals surface area (Å²) in [7, 11) is 0. The van der Waals surface area contributed by atoms with E-state index in [4.69, 9.17) is 0 Å². The van der Waals surface area contributed by atoms with Gasteiger partial charge in [-0.15, -0.1) is 0 Å². The third-order valence-corrected chi connectivity index (χ3v) is 6.06. The van der Waals surface area contributed by atoms with Gasteiger partial charge in [0.1, 0.15) is 5.54 Å². The van der Waals surface area contributed by atoms with Gasteiger partial charge in [-0.3, -0.25) is 14.9 Å². The van der Waals surface area contributed by atoms with Crippen molar-refractivity contribution in [3.8, 4) is 0 Å². The molecule has 1 aromatic carbocycles. The number of nitrogens with one attached hydrogen (secondary N) is 3. The lowest BCUT2D eigenvalue weighted by Crippen LogP contribution is -2.53. The van der Waals surface area contributed by atoms with Crippen LogP contribution in [0.5, 0.6) is 0 Å². The number of carbonyl (C=O) groups excluding carboxylic acids is 3. The van der Waals surface area contributed by atoms with Crippen LogP contribution in [0.4, 0.5) is 4.79 Å². The van der Waals surface area contributed by atoms with E-state index in [1.165, 1.54) is 16.7 Å². The number of hydrogen-bond acceptors (Lipinski definition) is 3. The molecule has 2 fully saturated rings. The summed E-state index contributed by atoms with van der Waals surface area (Å²) in [6.07, 6.45) is 5.41. The normalized spacial score (nSPS) is 27.3. The number of fused-ring (bicyclic) bond motifs is 1. The van der Waals surface area contributed by atoms with E-state index in [9.17, 15) is 14.4 Å². The molecule has 3 aliphatic rings. The lowest BCUT2D eigenvalue weighted by molar-refractivity contribution is -0.125. The molecule has 0 bridgehead atoms. The molecular weight excluding hydrogens is 318 g/mol. The van der Waals surface area contributed by atoms with Crippen molar-refractivity contribution in [2.45, 2.75) is 51.0 Å². The van der Waals surface area contributed by atoms with Gasteiger partial charge >= 0.3 is 6.03 Å². The van der Waals surface area contributed by atoms with Crippen LogP contribution in [0.1, 0.15) is 52.7 Å². The molecule has 6 heteroatoms. The van der Waals surface area contributed by atoms with Crippen LogP contribution in [0.15, 0.2) is 12.1 Å². The standard InChI is InChI=1S/C19H23N3O3/c1-11-7-8-15(14-6-2-5-13(11)14)16(23)20-10-12-4-3-9-19(12)17(24)21-18(25)22-19/h7-8,12H,2-6,9-10H2,1H3,(H,20,23)(H2,21,22,24,25). The maximum atomic E-state index is 12.7. The first-order valence-electron chi connectivity index (χ1n) is 9.04. The maximum Gasteiger partial charge on any atom is 0.322 e. The van der Waals surface area contributed by atoms with Crippen molar-refractivity contribution in [3.05, 3.63) is 34.4 Å². The SMILES string of the molecule is Cc1ccc(C(=O)NCC2CCCC23NC(=O)NC3=O)c2c1CCC2. The van der Waals surface area contributed by atoms with E-state index < -0.39 is 11.6 Å². The number of carbonyl (C=O) groups is 3. The Balaban J connectivity index is 1.49. The number of imide groups is 1. The number of amides is 4. The van der Waals surface area contributed by atoms with Crippen LogP contribution in [0.25, 0.3) is 0 Å². The summed E-state index contributed by atoms with van der Waals surface area (Å²) >= 11 is 0. The molecule has 2 atom stereocenters. The topological polar surface area (TPSA) is 87.3 Å². The van der Waals surface area contributed by atoms with Crippen LogP contribution in [0.2, 0.25) is 0 Å². The van der Waals surface area contributed by atoms with Crippen LogP contribution >= 0.6 is 0 Å². The van der Waals surface area contributed by atoms with Crippen molar-refractivity contribution in [2.75, 3.05) is 6.54 Å². The van der Waals surface area contributed by atoms with Gasteiger partial charge in [0.25, 0.3) is 11.8 Å². The summed E-state index contributed by atoms with van der Waals surface area (Å²) < 4.78 is 0. The highest BCUT2D eigenvalue weighted by Crippen LogP contribution is 2.37. The minimum atomic E-state index is -0.848. The van der Waals surface area contributed by atoms with Crippen LogP contribution in [-0.4, -0.2) is 29.9 Å². The Kier molecular flexibility index (Phi) is 3.78. The molecule has 1 aliphatic heterocycles. The fourth-order valence-electron chi connectivity index (χ4n) is 4.73. The van der Waals surface area contributed by atoms with Crippen LogP contribution in [-0.2, 0) is 17.6 Å². The molecule has 25 heavy (non-hydrogen) atoms. The second-order valence-corrected chi connectivity index (χ2v) is 7.42. The van der Waals surface area contributed by atoms with E-state index >= 15 is 0 Å². The highest BCUT2D eigenvalue weighted by atomic mass is 16.2. The molecule has 2 unspecified atom stereocenters. The molecular formula is C19H23N3O3. The molecule has 1 spiro atoms. The maximum absolute atomic E-state index is 12.7. The fourth-order valence-corrected chi connectivity index (χ4v) is 4.73. The molecule has 3 N–H and O–H groups in total. The van der Waals surface area contributed by atoms with E-state index in [0.717, 1.165) is 37.7 Å². The van der Waals surface area contributed by atoms with Gasteiger partial charge in [0.2, 0.25) is 0 Å². The van der Waals surface area contributed by atoms with Crippen LogP contribution < -0.4 is 16.0 Å². The van der Waals surface area contributed by atoms with E-state index in [-0.39, 0.29) is 17.7 Å². The zero-order valence-electron chi connectivity index (χ0n) is 14.4. The third-order valence-electron chi connectivity index (χ3n) is 6.06. The first kappa shape index (κ1) is 16.1. The molecule has 2 aliphatic carbocycles. The lowest BCUT2D eigenvalue weighted by Gasteiger charge is -2.28. The van der Waals surface area contributed by atoms with Crippen molar-refractivity contribution in [1.82, 2.24) is 16.0 Å². The zero-order valence-corrected chi connectivity index (χ0v) is 14.4. The van der Waals surface area contributed by atoms with Crippen molar-refractivity contribution in [2.24, 2.45) is 5.92 Å². The first-order chi connectivity index (χ1) is 12.0. The highest BCUT2D eigenvalue weighted by Gasteiger charge is 2.54. The zero-order chi connectivity index (χ0) is 17.6. The van der Waals surface area contributed by atoms with E-state index in [1.807, 2.05) is 12.1 Å². The Bertz CT molecular complexity index is 773. The predicted molar refractivity (Wildman–Crippen MR) is 92.3 cm³/mol. The molecule has 1 aromatic rings. The first-order valence-corrected chi connectivity index (χ1v) is 9.04. The Labute approximate surface area is 146 Å². The smallest absolute Gasteiger partial charge is 0.322 e. The van der Waals surface area contributed by atoms with Gasteiger partial charge in [-0.2, -0.15) is 0 Å². The highest BCUT2D eigenvalue weighted by molar-refractivity contribution is 6.07. The molecule has 0 radical (unpaired) electrons. The van der Waals surface area contributed by atoms with E-state index in [2.05, 4.69) is 22.9 Å². The number of hydrogen-bond donors (Lipinski definition) is 3. The summed E-state index contributed by atoms with van der Waals surface area (Å²) in [4.78, 5) is 36.5. The van der Waals surface area contributed by atoms with Gasteiger partial charge in [-0.1, -0.05) is 12.5 Å². The lowest BCUT2D eigenvalue weighted by atomic mass is 9.87. The van der Waals surface area contributed by atoms with Gasteiger partial charge in [0.15, 0.2) is 0 Å². The van der Waals surface area contributed by atoms with Gasteiger partial charge in [-0.05, 0) is 61.8 Å².